The lowest BCUT2D eigenvalue weighted by Gasteiger charge is -2.34. The van der Waals surface area contributed by atoms with Crippen LogP contribution in [0.25, 0.3) is 16.9 Å². The van der Waals surface area contributed by atoms with Crippen molar-refractivity contribution in [1.82, 2.24) is 14.3 Å². The van der Waals surface area contributed by atoms with Gasteiger partial charge < -0.3 is 33.7 Å². The SMILES string of the molecule is COC(=C1CCC1)N(CC(OC)OC)C[C@@H](O)Cc1c(-c2c(F)cc(C(=O)O)c(F)c2C)nc2cc(Cl)ccn12. The molecule has 0 aliphatic heterocycles. The standard InChI is InChI=1S/C28H32ClF2N3O6/c1-15-24(20(30)12-19(25(15)31)28(36)37)26-21(34-9-8-17(29)10-22(34)32-26)11-18(35)13-33(14-23(38-2)39-3)27(40-4)16-6-5-7-16/h8-10,12,18,23,35H,5-7,11,13-14H2,1-4H3,(H,36,37)/t18-/m0/s1. The molecule has 216 valence electrons. The van der Waals surface area contributed by atoms with Gasteiger partial charge in [-0.2, -0.15) is 0 Å². The number of hydrogen-bond acceptors (Lipinski definition) is 7. The number of imidazole rings is 1. The normalized spacial score (nSPS) is 14.0. The molecule has 40 heavy (non-hydrogen) atoms. The van der Waals surface area contributed by atoms with Crippen molar-refractivity contribution in [3.8, 4) is 11.3 Å². The minimum absolute atomic E-state index is 0.00717. The lowest BCUT2D eigenvalue weighted by atomic mass is 9.92. The van der Waals surface area contributed by atoms with Crippen LogP contribution >= 0.6 is 11.6 Å². The molecule has 2 heterocycles. The van der Waals surface area contributed by atoms with E-state index in [1.165, 1.54) is 21.1 Å². The van der Waals surface area contributed by atoms with E-state index in [9.17, 15) is 19.4 Å². The fourth-order valence-corrected chi connectivity index (χ4v) is 5.09. The van der Waals surface area contributed by atoms with Gasteiger partial charge in [0.1, 0.15) is 17.3 Å². The van der Waals surface area contributed by atoms with E-state index in [0.717, 1.165) is 24.8 Å². The van der Waals surface area contributed by atoms with Gasteiger partial charge >= 0.3 is 5.97 Å². The number of nitrogens with zero attached hydrogens (tertiary/aromatic N) is 3. The second kappa shape index (κ2) is 12.5. The summed E-state index contributed by atoms with van der Waals surface area (Å²) in [5.41, 5.74) is 0.792. The molecule has 1 atom stereocenters. The van der Waals surface area contributed by atoms with Crippen LogP contribution in [0.4, 0.5) is 8.78 Å². The molecular weight excluding hydrogens is 548 g/mol. The average molecular weight is 580 g/mol. The molecule has 2 aromatic heterocycles. The number of aliphatic hydroxyl groups is 1. The molecule has 0 saturated heterocycles. The van der Waals surface area contributed by atoms with Gasteiger partial charge in [0.2, 0.25) is 0 Å². The van der Waals surface area contributed by atoms with Crippen LogP contribution < -0.4 is 0 Å². The molecule has 1 aliphatic rings. The first-order valence-corrected chi connectivity index (χ1v) is 13.1. The highest BCUT2D eigenvalue weighted by molar-refractivity contribution is 6.30. The topological polar surface area (TPSA) is 106 Å². The lowest BCUT2D eigenvalue weighted by Crippen LogP contribution is -2.41. The Kier molecular flexibility index (Phi) is 9.29. The Morgan fingerprint density at radius 3 is 2.48 bits per heavy atom. The number of carbonyl (C=O) groups is 1. The molecular formula is C28H32ClF2N3O6. The summed E-state index contributed by atoms with van der Waals surface area (Å²) in [7, 11) is 4.61. The smallest absolute Gasteiger partial charge is 0.338 e. The number of ether oxygens (including phenoxy) is 3. The van der Waals surface area contributed by atoms with E-state index in [1.54, 1.807) is 29.8 Å². The van der Waals surface area contributed by atoms with E-state index >= 15 is 4.39 Å². The number of carboxylic acids is 1. The first kappa shape index (κ1) is 29.7. The average Bonchev–Trinajstić information content (AvgIpc) is 3.22. The third-order valence-corrected chi connectivity index (χ3v) is 7.34. The fourth-order valence-electron chi connectivity index (χ4n) is 4.94. The third kappa shape index (κ3) is 5.92. The van der Waals surface area contributed by atoms with Crippen molar-refractivity contribution >= 4 is 23.2 Å². The van der Waals surface area contributed by atoms with Crippen LogP contribution in [0, 0.1) is 18.6 Å². The number of aliphatic hydroxyl groups excluding tert-OH is 1. The zero-order valence-electron chi connectivity index (χ0n) is 22.7. The minimum atomic E-state index is -1.58. The maximum absolute atomic E-state index is 15.4. The van der Waals surface area contributed by atoms with E-state index < -0.39 is 35.6 Å². The summed E-state index contributed by atoms with van der Waals surface area (Å²) >= 11 is 6.17. The maximum atomic E-state index is 15.4. The molecule has 1 saturated carbocycles. The van der Waals surface area contributed by atoms with E-state index in [1.807, 2.05) is 4.90 Å². The van der Waals surface area contributed by atoms with Crippen molar-refractivity contribution in [2.75, 3.05) is 34.4 Å². The van der Waals surface area contributed by atoms with Crippen molar-refractivity contribution in [3.63, 3.8) is 0 Å². The fraction of sp³-hybridized carbons (Fsp3) is 0.429. The Hall–Kier alpha value is -3.25. The van der Waals surface area contributed by atoms with Crippen molar-refractivity contribution in [2.24, 2.45) is 0 Å². The molecule has 2 N–H and O–H groups in total. The zero-order valence-corrected chi connectivity index (χ0v) is 23.5. The Labute approximate surface area is 235 Å². The van der Waals surface area contributed by atoms with Gasteiger partial charge in [-0.25, -0.2) is 18.6 Å². The number of fused-ring (bicyclic) bond motifs is 1. The van der Waals surface area contributed by atoms with Crippen LogP contribution in [-0.4, -0.2) is 77.3 Å². The number of benzene rings is 1. The first-order valence-electron chi connectivity index (χ1n) is 12.7. The number of aromatic nitrogens is 2. The van der Waals surface area contributed by atoms with Crippen molar-refractivity contribution < 1.29 is 38.0 Å². The number of halogens is 3. The molecule has 0 radical (unpaired) electrons. The Balaban J connectivity index is 1.76. The van der Waals surface area contributed by atoms with Crippen molar-refractivity contribution in [3.05, 3.63) is 69.3 Å². The van der Waals surface area contributed by atoms with Gasteiger partial charge in [0.05, 0.1) is 36.7 Å². The first-order chi connectivity index (χ1) is 19.1. The second-order valence-corrected chi connectivity index (χ2v) is 10.1. The highest BCUT2D eigenvalue weighted by Crippen LogP contribution is 2.35. The predicted molar refractivity (Wildman–Crippen MR) is 144 cm³/mol. The molecule has 1 aliphatic carbocycles. The molecule has 9 nitrogen and oxygen atoms in total. The molecule has 12 heteroatoms. The summed E-state index contributed by atoms with van der Waals surface area (Å²) in [6, 6.07) is 3.82. The van der Waals surface area contributed by atoms with Crippen LogP contribution in [0.1, 0.15) is 40.9 Å². The van der Waals surface area contributed by atoms with Crippen LogP contribution in [0.2, 0.25) is 5.02 Å². The molecule has 0 unspecified atom stereocenters. The maximum Gasteiger partial charge on any atom is 0.338 e. The molecule has 1 aromatic carbocycles. The van der Waals surface area contributed by atoms with Gasteiger partial charge in [-0.15, -0.1) is 0 Å². The van der Waals surface area contributed by atoms with E-state index in [4.69, 9.17) is 25.8 Å². The van der Waals surface area contributed by atoms with E-state index in [0.29, 0.717) is 28.3 Å². The molecule has 3 aromatic rings. The third-order valence-electron chi connectivity index (χ3n) is 7.10. The molecule has 4 rings (SSSR count). The number of rotatable bonds is 12. The lowest BCUT2D eigenvalue weighted by molar-refractivity contribution is -0.120. The number of aromatic carboxylic acids is 1. The highest BCUT2D eigenvalue weighted by atomic mass is 35.5. The number of hydrogen-bond donors (Lipinski definition) is 2. The summed E-state index contributed by atoms with van der Waals surface area (Å²) in [5.74, 6) is -2.94. The highest BCUT2D eigenvalue weighted by Gasteiger charge is 2.29. The molecule has 0 amide bonds. The van der Waals surface area contributed by atoms with E-state index in [-0.39, 0.29) is 36.3 Å². The van der Waals surface area contributed by atoms with Gasteiger partial charge in [0.25, 0.3) is 0 Å². The van der Waals surface area contributed by atoms with Crippen LogP contribution in [0.5, 0.6) is 0 Å². The van der Waals surface area contributed by atoms with Gasteiger partial charge in [-0.05, 0) is 49.5 Å². The van der Waals surface area contributed by atoms with Gasteiger partial charge in [0, 0.05) is 50.0 Å². The number of pyridine rings is 1. The number of carboxylic acid groups (broad SMARTS) is 1. The molecule has 0 spiro atoms. The Bertz CT molecular complexity index is 1430. The summed E-state index contributed by atoms with van der Waals surface area (Å²) in [6.45, 7) is 1.69. The zero-order chi connectivity index (χ0) is 29.1. The summed E-state index contributed by atoms with van der Waals surface area (Å²) in [4.78, 5) is 17.8. The second-order valence-electron chi connectivity index (χ2n) is 9.64. The Morgan fingerprint density at radius 2 is 1.90 bits per heavy atom. The van der Waals surface area contributed by atoms with Crippen molar-refractivity contribution in [2.45, 2.75) is 45.0 Å². The van der Waals surface area contributed by atoms with Gasteiger partial charge in [-0.1, -0.05) is 11.6 Å². The molecule has 1 fully saturated rings. The van der Waals surface area contributed by atoms with Crippen LogP contribution in [0.3, 0.4) is 0 Å². The monoisotopic (exact) mass is 579 g/mol. The van der Waals surface area contributed by atoms with Crippen molar-refractivity contribution in [1.29, 1.82) is 0 Å². The predicted octanol–water partition coefficient (Wildman–Crippen LogP) is 4.81. The Morgan fingerprint density at radius 1 is 1.20 bits per heavy atom. The van der Waals surface area contributed by atoms with Gasteiger partial charge in [0.15, 0.2) is 12.2 Å². The summed E-state index contributed by atoms with van der Waals surface area (Å²) in [6.07, 6.45) is 2.84. The largest absolute Gasteiger partial charge is 0.482 e. The quantitative estimate of drug-likeness (QED) is 0.233. The summed E-state index contributed by atoms with van der Waals surface area (Å²) in [5, 5.41) is 21.0. The van der Waals surface area contributed by atoms with E-state index in [2.05, 4.69) is 4.98 Å². The van der Waals surface area contributed by atoms with Crippen LogP contribution in [-0.2, 0) is 20.6 Å². The number of methoxy groups -OCH3 is 3. The van der Waals surface area contributed by atoms with Gasteiger partial charge in [-0.3, -0.25) is 0 Å². The number of allylic oxidation sites excluding steroid dienone is 1. The molecule has 0 bridgehead atoms. The van der Waals surface area contributed by atoms with Crippen LogP contribution in [0.15, 0.2) is 35.9 Å². The summed E-state index contributed by atoms with van der Waals surface area (Å²) < 4.78 is 48.5. The minimum Gasteiger partial charge on any atom is -0.482 e.